The summed E-state index contributed by atoms with van der Waals surface area (Å²) in [5.74, 6) is 1.26. The molecular weight excluding hydrogens is 322 g/mol. The van der Waals surface area contributed by atoms with Gasteiger partial charge in [0, 0.05) is 42.7 Å². The maximum absolute atomic E-state index is 12.5. The quantitative estimate of drug-likeness (QED) is 0.847. The minimum Gasteiger partial charge on any atom is -0.323 e. The van der Waals surface area contributed by atoms with Crippen molar-refractivity contribution in [2.75, 3.05) is 35.6 Å². The van der Waals surface area contributed by atoms with E-state index in [0.29, 0.717) is 11.7 Å². The van der Waals surface area contributed by atoms with E-state index in [1.807, 2.05) is 40.9 Å². The molecule has 2 aliphatic rings. The molecule has 0 bridgehead atoms. The van der Waals surface area contributed by atoms with Crippen LogP contribution in [0.1, 0.15) is 32.6 Å². The van der Waals surface area contributed by atoms with Crippen molar-refractivity contribution in [3.05, 3.63) is 24.3 Å². The summed E-state index contributed by atoms with van der Waals surface area (Å²) >= 11 is 1.95. The second-order valence-electron chi connectivity index (χ2n) is 6.29. The average Bonchev–Trinajstić information content (AvgIpc) is 2.81. The fraction of sp³-hybridized carbons (Fsp3) is 0.556. The molecule has 0 unspecified atom stereocenters. The van der Waals surface area contributed by atoms with Gasteiger partial charge in [0.15, 0.2) is 0 Å². The van der Waals surface area contributed by atoms with Gasteiger partial charge in [0.1, 0.15) is 0 Å². The lowest BCUT2D eigenvalue weighted by molar-refractivity contribution is -0.122. The monoisotopic (exact) mass is 347 g/mol. The van der Waals surface area contributed by atoms with E-state index < -0.39 is 0 Å². The zero-order valence-electron chi connectivity index (χ0n) is 14.2. The number of anilines is 2. The van der Waals surface area contributed by atoms with Crippen molar-refractivity contribution < 1.29 is 9.59 Å². The van der Waals surface area contributed by atoms with Gasteiger partial charge in [-0.2, -0.15) is 11.8 Å². The molecule has 0 radical (unpaired) electrons. The highest BCUT2D eigenvalue weighted by Gasteiger charge is 2.25. The van der Waals surface area contributed by atoms with Gasteiger partial charge in [-0.3, -0.25) is 4.79 Å². The summed E-state index contributed by atoms with van der Waals surface area (Å²) in [5.41, 5.74) is 1.68. The molecular formula is C18H25N3O2S. The Hall–Kier alpha value is -1.69. The number of thioether (sulfide) groups is 1. The molecule has 2 heterocycles. The molecule has 1 N–H and O–H groups in total. The van der Waals surface area contributed by atoms with Crippen LogP contribution in [-0.2, 0) is 4.79 Å². The Labute approximate surface area is 147 Å². The number of carbonyl (C=O) groups is 2. The highest BCUT2D eigenvalue weighted by molar-refractivity contribution is 7.99. The third kappa shape index (κ3) is 4.04. The van der Waals surface area contributed by atoms with E-state index >= 15 is 0 Å². The Morgan fingerprint density at radius 2 is 2.04 bits per heavy atom. The Morgan fingerprint density at radius 3 is 2.67 bits per heavy atom. The van der Waals surface area contributed by atoms with E-state index in [1.165, 1.54) is 12.8 Å². The summed E-state index contributed by atoms with van der Waals surface area (Å²) in [6, 6.07) is 7.51. The predicted molar refractivity (Wildman–Crippen MR) is 99.8 cm³/mol. The zero-order valence-corrected chi connectivity index (χ0v) is 15.0. The number of benzene rings is 1. The Bertz CT molecular complexity index is 590. The number of urea groups is 1. The molecule has 130 valence electrons. The van der Waals surface area contributed by atoms with Gasteiger partial charge in [0.05, 0.1) is 0 Å². The first kappa shape index (κ1) is 17.1. The molecule has 3 rings (SSSR count). The summed E-state index contributed by atoms with van der Waals surface area (Å²) in [6.07, 6.45) is 4.09. The second-order valence-corrected chi connectivity index (χ2v) is 7.87. The van der Waals surface area contributed by atoms with Crippen LogP contribution in [0.15, 0.2) is 24.3 Å². The number of carbonyl (C=O) groups excluding carboxylic acids is 2. The molecule has 1 atom stereocenters. The standard InChI is InChI=1S/C18H25N3O2S/c1-2-24-16-5-3-4-11-20(13-16)18(23)19-14-6-8-15(9-7-14)21-12-10-17(21)22/h6-9,16H,2-5,10-13H2,1H3,(H,19,23)/t16-/m0/s1. The minimum atomic E-state index is -0.0219. The normalized spacial score (nSPS) is 21.2. The molecule has 24 heavy (non-hydrogen) atoms. The van der Waals surface area contributed by atoms with E-state index in [1.54, 1.807) is 4.90 Å². The number of nitrogens with one attached hydrogen (secondary N) is 1. The van der Waals surface area contributed by atoms with Crippen molar-refractivity contribution in [2.45, 2.75) is 37.9 Å². The largest absolute Gasteiger partial charge is 0.323 e. The molecule has 2 saturated heterocycles. The lowest BCUT2D eigenvalue weighted by Gasteiger charge is -2.30. The SMILES string of the molecule is CCS[C@H]1CCCCN(C(=O)Nc2ccc(N3CCC3=O)cc2)C1. The number of likely N-dealkylation sites (tertiary alicyclic amines) is 1. The molecule has 1 aromatic carbocycles. The highest BCUT2D eigenvalue weighted by atomic mass is 32.2. The summed E-state index contributed by atoms with van der Waals surface area (Å²) in [6.45, 7) is 4.61. The lowest BCUT2D eigenvalue weighted by atomic mass is 10.1. The number of amides is 3. The summed E-state index contributed by atoms with van der Waals surface area (Å²) < 4.78 is 0. The van der Waals surface area contributed by atoms with Crippen LogP contribution in [0.3, 0.4) is 0 Å². The van der Waals surface area contributed by atoms with Crippen LogP contribution < -0.4 is 10.2 Å². The van der Waals surface area contributed by atoms with Crippen molar-refractivity contribution in [1.82, 2.24) is 4.90 Å². The topological polar surface area (TPSA) is 52.7 Å². The van der Waals surface area contributed by atoms with E-state index in [9.17, 15) is 9.59 Å². The Balaban J connectivity index is 1.58. The first-order valence-electron chi connectivity index (χ1n) is 8.75. The van der Waals surface area contributed by atoms with Crippen molar-refractivity contribution in [1.29, 1.82) is 0 Å². The average molecular weight is 347 g/mol. The van der Waals surface area contributed by atoms with Gasteiger partial charge in [-0.05, 0) is 42.9 Å². The maximum atomic E-state index is 12.5. The van der Waals surface area contributed by atoms with E-state index in [0.717, 1.165) is 43.2 Å². The van der Waals surface area contributed by atoms with E-state index in [-0.39, 0.29) is 11.9 Å². The first-order chi connectivity index (χ1) is 11.7. The van der Waals surface area contributed by atoms with Gasteiger partial charge in [-0.25, -0.2) is 4.79 Å². The van der Waals surface area contributed by atoms with Crippen LogP contribution in [0, 0.1) is 0 Å². The zero-order chi connectivity index (χ0) is 16.9. The molecule has 5 nitrogen and oxygen atoms in total. The van der Waals surface area contributed by atoms with Crippen LogP contribution in [0.25, 0.3) is 0 Å². The Morgan fingerprint density at radius 1 is 1.25 bits per heavy atom. The van der Waals surface area contributed by atoms with Crippen molar-refractivity contribution in [2.24, 2.45) is 0 Å². The first-order valence-corrected chi connectivity index (χ1v) is 9.80. The van der Waals surface area contributed by atoms with Crippen LogP contribution in [-0.4, -0.2) is 47.5 Å². The fourth-order valence-electron chi connectivity index (χ4n) is 3.17. The molecule has 6 heteroatoms. The van der Waals surface area contributed by atoms with Crippen LogP contribution in [0.2, 0.25) is 0 Å². The minimum absolute atomic E-state index is 0.0219. The molecule has 2 fully saturated rings. The number of hydrogen-bond donors (Lipinski definition) is 1. The van der Waals surface area contributed by atoms with Gasteiger partial charge < -0.3 is 15.1 Å². The number of nitrogens with zero attached hydrogens (tertiary/aromatic N) is 2. The van der Waals surface area contributed by atoms with Gasteiger partial charge >= 0.3 is 6.03 Å². The smallest absolute Gasteiger partial charge is 0.321 e. The summed E-state index contributed by atoms with van der Waals surface area (Å²) in [5, 5.41) is 3.53. The highest BCUT2D eigenvalue weighted by Crippen LogP contribution is 2.25. The van der Waals surface area contributed by atoms with Crippen molar-refractivity contribution >= 4 is 35.1 Å². The fourth-order valence-corrected chi connectivity index (χ4v) is 4.26. The molecule has 0 aromatic heterocycles. The number of hydrogen-bond acceptors (Lipinski definition) is 3. The van der Waals surface area contributed by atoms with Crippen LogP contribution in [0.5, 0.6) is 0 Å². The Kier molecular flexibility index (Phi) is 5.66. The van der Waals surface area contributed by atoms with Crippen LogP contribution >= 0.6 is 11.8 Å². The second kappa shape index (κ2) is 7.92. The van der Waals surface area contributed by atoms with Gasteiger partial charge in [0.2, 0.25) is 5.91 Å². The summed E-state index contributed by atoms with van der Waals surface area (Å²) in [7, 11) is 0. The third-order valence-corrected chi connectivity index (χ3v) is 5.79. The molecule has 0 spiro atoms. The maximum Gasteiger partial charge on any atom is 0.321 e. The van der Waals surface area contributed by atoms with Crippen molar-refractivity contribution in [3.8, 4) is 0 Å². The summed E-state index contributed by atoms with van der Waals surface area (Å²) in [4.78, 5) is 27.7. The molecule has 0 saturated carbocycles. The van der Waals surface area contributed by atoms with Gasteiger partial charge in [-0.15, -0.1) is 0 Å². The van der Waals surface area contributed by atoms with Gasteiger partial charge in [-0.1, -0.05) is 13.3 Å². The van der Waals surface area contributed by atoms with Crippen LogP contribution in [0.4, 0.5) is 16.2 Å². The van der Waals surface area contributed by atoms with Gasteiger partial charge in [0.25, 0.3) is 0 Å². The number of rotatable bonds is 4. The molecule has 1 aromatic rings. The molecule has 3 amide bonds. The van der Waals surface area contributed by atoms with E-state index in [2.05, 4.69) is 12.2 Å². The molecule has 2 aliphatic heterocycles. The predicted octanol–water partition coefficient (Wildman–Crippen LogP) is 3.56. The van der Waals surface area contributed by atoms with Crippen molar-refractivity contribution in [3.63, 3.8) is 0 Å². The number of β-lactam (4-membered cyclic amide) rings is 1. The van der Waals surface area contributed by atoms with E-state index in [4.69, 9.17) is 0 Å². The molecule has 0 aliphatic carbocycles. The lowest BCUT2D eigenvalue weighted by Crippen LogP contribution is -2.43. The third-order valence-electron chi connectivity index (χ3n) is 4.60.